The zero-order valence-electron chi connectivity index (χ0n) is 11.5. The standard InChI is InChI=1S/C16H26/c1-10-9-12-8-6-7-11(2)16(12,5)14-13(10)15(14,3)4/h9-11,13-14H,6-8H2,1-5H3/t10-,11-,13+,14+,16+/m0/s1. The molecule has 0 heterocycles. The summed E-state index contributed by atoms with van der Waals surface area (Å²) >= 11 is 0. The molecule has 90 valence electrons. The summed E-state index contributed by atoms with van der Waals surface area (Å²) < 4.78 is 0. The maximum atomic E-state index is 2.64. The van der Waals surface area contributed by atoms with Crippen LogP contribution in [-0.2, 0) is 0 Å². The quantitative estimate of drug-likeness (QED) is 0.519. The van der Waals surface area contributed by atoms with Crippen molar-refractivity contribution in [3.8, 4) is 0 Å². The van der Waals surface area contributed by atoms with E-state index >= 15 is 0 Å². The Balaban J connectivity index is 2.06. The minimum atomic E-state index is 0.541. The zero-order chi connectivity index (χ0) is 11.7. The molecule has 3 aliphatic carbocycles. The van der Waals surface area contributed by atoms with E-state index in [-0.39, 0.29) is 0 Å². The first kappa shape index (κ1) is 10.9. The van der Waals surface area contributed by atoms with Gasteiger partial charge in [0.15, 0.2) is 0 Å². The second kappa shape index (κ2) is 2.94. The molecular formula is C16H26. The zero-order valence-corrected chi connectivity index (χ0v) is 11.5. The molecule has 2 fully saturated rings. The Morgan fingerprint density at radius 2 is 1.88 bits per heavy atom. The second-order valence-corrected chi connectivity index (χ2v) is 7.45. The normalized spacial score (nSPS) is 53.7. The van der Waals surface area contributed by atoms with E-state index in [1.54, 1.807) is 0 Å². The van der Waals surface area contributed by atoms with Crippen LogP contribution in [0.4, 0.5) is 0 Å². The van der Waals surface area contributed by atoms with Gasteiger partial charge in [0, 0.05) is 0 Å². The van der Waals surface area contributed by atoms with Crippen molar-refractivity contribution in [2.24, 2.45) is 34.5 Å². The average Bonchev–Trinajstić information content (AvgIpc) is 2.77. The molecule has 0 unspecified atom stereocenters. The summed E-state index contributed by atoms with van der Waals surface area (Å²) in [5, 5.41) is 0. The highest BCUT2D eigenvalue weighted by Crippen LogP contribution is 2.75. The van der Waals surface area contributed by atoms with Gasteiger partial charge in [0.05, 0.1) is 0 Å². The molecule has 0 nitrogen and oxygen atoms in total. The lowest BCUT2D eigenvalue weighted by molar-refractivity contribution is 0.134. The molecule has 0 aromatic heterocycles. The first-order valence-corrected chi connectivity index (χ1v) is 7.11. The molecule has 0 aromatic rings. The van der Waals surface area contributed by atoms with Crippen molar-refractivity contribution in [3.63, 3.8) is 0 Å². The van der Waals surface area contributed by atoms with Crippen LogP contribution < -0.4 is 0 Å². The van der Waals surface area contributed by atoms with E-state index in [2.05, 4.69) is 40.7 Å². The summed E-state index contributed by atoms with van der Waals surface area (Å²) in [6, 6.07) is 0. The summed E-state index contributed by atoms with van der Waals surface area (Å²) in [4.78, 5) is 0. The van der Waals surface area contributed by atoms with Crippen molar-refractivity contribution in [2.75, 3.05) is 0 Å². The fourth-order valence-electron chi connectivity index (χ4n) is 5.48. The van der Waals surface area contributed by atoms with Crippen LogP contribution in [0.25, 0.3) is 0 Å². The number of rotatable bonds is 0. The van der Waals surface area contributed by atoms with Crippen LogP contribution in [-0.4, -0.2) is 0 Å². The minimum absolute atomic E-state index is 0.541. The summed E-state index contributed by atoms with van der Waals surface area (Å²) in [5.74, 6) is 3.65. The number of allylic oxidation sites excluding steroid dienone is 2. The van der Waals surface area contributed by atoms with Gasteiger partial charge in [-0.25, -0.2) is 0 Å². The molecular weight excluding hydrogens is 192 g/mol. The van der Waals surface area contributed by atoms with Gasteiger partial charge in [0.1, 0.15) is 0 Å². The summed E-state index contributed by atoms with van der Waals surface area (Å²) in [6.45, 7) is 12.5. The van der Waals surface area contributed by atoms with Gasteiger partial charge in [0.2, 0.25) is 0 Å². The van der Waals surface area contributed by atoms with E-state index < -0.39 is 0 Å². The molecule has 0 radical (unpaired) electrons. The molecule has 3 aliphatic rings. The van der Waals surface area contributed by atoms with Crippen molar-refractivity contribution in [2.45, 2.75) is 53.9 Å². The van der Waals surface area contributed by atoms with E-state index in [4.69, 9.17) is 0 Å². The number of hydrogen-bond acceptors (Lipinski definition) is 0. The smallest absolute Gasteiger partial charge is 0.00542 e. The van der Waals surface area contributed by atoms with Crippen LogP contribution in [0.1, 0.15) is 53.9 Å². The lowest BCUT2D eigenvalue weighted by Crippen LogP contribution is -2.37. The highest BCUT2D eigenvalue weighted by Gasteiger charge is 2.69. The maximum Gasteiger partial charge on any atom is -0.00542 e. The van der Waals surface area contributed by atoms with E-state index in [1.807, 2.05) is 5.57 Å². The average molecular weight is 218 g/mol. The third-order valence-corrected chi connectivity index (χ3v) is 6.39. The number of fused-ring (bicyclic) bond motifs is 3. The highest BCUT2D eigenvalue weighted by atomic mass is 14.7. The third kappa shape index (κ3) is 1.07. The van der Waals surface area contributed by atoms with Gasteiger partial charge < -0.3 is 0 Å². The van der Waals surface area contributed by atoms with Gasteiger partial charge in [-0.15, -0.1) is 0 Å². The Kier molecular flexibility index (Phi) is 2.00. The van der Waals surface area contributed by atoms with E-state index in [0.717, 1.165) is 23.7 Å². The molecule has 0 bridgehead atoms. The van der Waals surface area contributed by atoms with Gasteiger partial charge in [-0.05, 0) is 53.8 Å². The SMILES string of the molecule is C[C@H]1C=C2CCC[C@H](C)[C@@]2(C)[C@@H]2[C@@H]1C2(C)C. The lowest BCUT2D eigenvalue weighted by Gasteiger charge is -2.46. The van der Waals surface area contributed by atoms with Gasteiger partial charge in [-0.1, -0.05) is 46.3 Å². The van der Waals surface area contributed by atoms with Crippen LogP contribution >= 0.6 is 0 Å². The van der Waals surface area contributed by atoms with Crippen LogP contribution in [0.5, 0.6) is 0 Å². The third-order valence-electron chi connectivity index (χ3n) is 6.39. The molecule has 3 rings (SSSR count). The van der Waals surface area contributed by atoms with Crippen molar-refractivity contribution < 1.29 is 0 Å². The predicted octanol–water partition coefficient (Wildman–Crippen LogP) is 4.66. The van der Waals surface area contributed by atoms with E-state index in [0.29, 0.717) is 10.8 Å². The Morgan fingerprint density at radius 1 is 1.19 bits per heavy atom. The van der Waals surface area contributed by atoms with Gasteiger partial charge >= 0.3 is 0 Å². The molecule has 16 heavy (non-hydrogen) atoms. The largest absolute Gasteiger partial charge is 0.0816 e. The first-order chi connectivity index (χ1) is 7.40. The topological polar surface area (TPSA) is 0 Å². The minimum Gasteiger partial charge on any atom is -0.0816 e. The first-order valence-electron chi connectivity index (χ1n) is 7.11. The molecule has 0 N–H and O–H groups in total. The van der Waals surface area contributed by atoms with Crippen LogP contribution in [0, 0.1) is 34.5 Å². The molecule has 0 heteroatoms. The van der Waals surface area contributed by atoms with Crippen LogP contribution in [0.2, 0.25) is 0 Å². The van der Waals surface area contributed by atoms with Gasteiger partial charge in [-0.3, -0.25) is 0 Å². The van der Waals surface area contributed by atoms with Crippen molar-refractivity contribution in [1.29, 1.82) is 0 Å². The summed E-state index contributed by atoms with van der Waals surface area (Å²) in [6.07, 6.45) is 6.89. The molecule has 0 aliphatic heterocycles. The second-order valence-electron chi connectivity index (χ2n) is 7.45. The van der Waals surface area contributed by atoms with Gasteiger partial charge in [-0.2, -0.15) is 0 Å². The fourth-order valence-corrected chi connectivity index (χ4v) is 5.48. The van der Waals surface area contributed by atoms with E-state index in [9.17, 15) is 0 Å². The monoisotopic (exact) mass is 218 g/mol. The molecule has 0 saturated heterocycles. The van der Waals surface area contributed by atoms with Crippen molar-refractivity contribution in [1.82, 2.24) is 0 Å². The summed E-state index contributed by atoms with van der Waals surface area (Å²) in [7, 11) is 0. The lowest BCUT2D eigenvalue weighted by atomic mass is 9.58. The Bertz CT molecular complexity index is 349. The van der Waals surface area contributed by atoms with Crippen molar-refractivity contribution in [3.05, 3.63) is 11.6 Å². The molecule has 0 amide bonds. The van der Waals surface area contributed by atoms with Gasteiger partial charge in [0.25, 0.3) is 0 Å². The predicted molar refractivity (Wildman–Crippen MR) is 69.1 cm³/mol. The molecule has 5 atom stereocenters. The number of hydrogen-bond donors (Lipinski definition) is 0. The Labute approximate surface area is 101 Å². The molecule has 0 spiro atoms. The van der Waals surface area contributed by atoms with Crippen LogP contribution in [0.3, 0.4) is 0 Å². The Morgan fingerprint density at radius 3 is 2.56 bits per heavy atom. The molecule has 2 saturated carbocycles. The molecule has 0 aromatic carbocycles. The highest BCUT2D eigenvalue weighted by molar-refractivity contribution is 5.33. The van der Waals surface area contributed by atoms with E-state index in [1.165, 1.54) is 19.3 Å². The fraction of sp³-hybridized carbons (Fsp3) is 0.875. The Hall–Kier alpha value is -0.260. The van der Waals surface area contributed by atoms with Crippen LogP contribution in [0.15, 0.2) is 11.6 Å². The summed E-state index contributed by atoms with van der Waals surface area (Å²) in [5.41, 5.74) is 2.95. The van der Waals surface area contributed by atoms with Crippen molar-refractivity contribution >= 4 is 0 Å². The maximum absolute atomic E-state index is 2.64.